The molecular weight excluding hydrogens is 637 g/mol. The van der Waals surface area contributed by atoms with Crippen LogP contribution in [0.1, 0.15) is 48.5 Å². The van der Waals surface area contributed by atoms with Crippen molar-refractivity contribution in [1.82, 2.24) is 0 Å². The quantitative estimate of drug-likeness (QED) is 0.364. The highest BCUT2D eigenvalue weighted by Crippen LogP contribution is 1.40. The summed E-state index contributed by atoms with van der Waals surface area (Å²) in [4.78, 5) is 0. The molecular formula is C13H22S15. The first-order valence-electron chi connectivity index (χ1n) is 6.46. The third-order valence-electron chi connectivity index (χ3n) is 0.778. The third kappa shape index (κ3) is 104. The molecule has 0 aliphatic heterocycles. The maximum absolute atomic E-state index is 4.70. The zero-order valence-electron chi connectivity index (χ0n) is 16.2. The van der Waals surface area contributed by atoms with E-state index in [1.165, 1.54) is 17.8 Å². The minimum Gasteiger partial charge on any atom is -0.120 e. The molecule has 0 aromatic heterocycles. The van der Waals surface area contributed by atoms with Crippen LogP contribution in [0.2, 0.25) is 0 Å². The van der Waals surface area contributed by atoms with Crippen LogP contribution in [0.5, 0.6) is 0 Å². The van der Waals surface area contributed by atoms with Crippen LogP contribution in [0, 0.1) is 36.0 Å². The summed E-state index contributed by atoms with van der Waals surface area (Å²) in [6.07, 6.45) is 4.60. The van der Waals surface area contributed by atoms with E-state index < -0.39 is 0 Å². The first kappa shape index (κ1) is 43.8. The van der Waals surface area contributed by atoms with Gasteiger partial charge >= 0.3 is 0 Å². The zero-order chi connectivity index (χ0) is 23.3. The molecule has 0 rings (SSSR count). The summed E-state index contributed by atoms with van der Waals surface area (Å²) in [6, 6.07) is 0. The van der Waals surface area contributed by atoms with Crippen molar-refractivity contribution in [3.63, 3.8) is 0 Å². The highest BCUT2D eigenvalue weighted by Gasteiger charge is 1.39. The summed E-state index contributed by atoms with van der Waals surface area (Å²) < 4.78 is 0. The minimum atomic E-state index is 1.36. The minimum absolute atomic E-state index is 1.36. The van der Waals surface area contributed by atoms with Crippen molar-refractivity contribution in [3.05, 3.63) is 0 Å². The Morgan fingerprint density at radius 2 is 0.643 bits per heavy atom. The fraction of sp³-hybridized carbons (Fsp3) is 0.538. The van der Waals surface area contributed by atoms with E-state index >= 15 is 0 Å². The van der Waals surface area contributed by atoms with Crippen LogP contribution in [-0.2, 0) is 142 Å². The number of hydrogen-bond acceptors (Lipinski definition) is 4. The van der Waals surface area contributed by atoms with Gasteiger partial charge in [-0.05, 0) is 34.6 Å². The number of rotatable bonds is 0. The fourth-order valence-electron chi connectivity index (χ4n) is 0.102. The second-order valence-corrected chi connectivity index (χ2v) is 21.5. The van der Waals surface area contributed by atoms with Gasteiger partial charge in [0.05, 0.1) is 0 Å². The zero-order valence-corrected chi connectivity index (χ0v) is 28.4. The van der Waals surface area contributed by atoms with Crippen molar-refractivity contribution < 1.29 is 0 Å². The lowest BCUT2D eigenvalue weighted by molar-refractivity contribution is 1.50. The Labute approximate surface area is 223 Å². The summed E-state index contributed by atoms with van der Waals surface area (Å²) in [5.74, 6) is 13.0. The molecule has 0 aromatic carbocycles. The Balaban J connectivity index is -0.0000000664. The summed E-state index contributed by atoms with van der Waals surface area (Å²) >= 11 is 16.7. The van der Waals surface area contributed by atoms with Crippen LogP contribution in [-0.4, -0.2) is 0 Å². The molecule has 0 bridgehead atoms. The van der Waals surface area contributed by atoms with E-state index in [1.807, 2.05) is 41.5 Å². The van der Waals surface area contributed by atoms with E-state index in [0.717, 1.165) is 0 Å². The van der Waals surface area contributed by atoms with Gasteiger partial charge in [-0.15, -0.1) is 36.0 Å². The molecule has 0 saturated heterocycles. The van der Waals surface area contributed by atoms with Crippen LogP contribution >= 0.6 is 0 Å². The third-order valence-corrected chi connectivity index (χ3v) is 23.0. The Morgan fingerprint density at radius 3 is 0.750 bits per heavy atom. The van der Waals surface area contributed by atoms with Crippen molar-refractivity contribution in [2.75, 3.05) is 0 Å². The summed E-state index contributed by atoms with van der Waals surface area (Å²) in [5.41, 5.74) is 0. The molecule has 0 heterocycles. The first-order chi connectivity index (χ1) is 13.7. The topological polar surface area (TPSA) is 0 Å². The number of hydrogen-bond donors (Lipinski definition) is 0. The summed E-state index contributed by atoms with van der Waals surface area (Å²) in [5, 5.41) is 0. The predicted octanol–water partition coefficient (Wildman–Crippen LogP) is 3.69. The molecule has 0 aliphatic rings. The molecule has 0 radical (unpaired) electrons. The monoisotopic (exact) mass is 658 g/mol. The highest BCUT2D eigenvalue weighted by atomic mass is 33.5. The van der Waals surface area contributed by atoms with Crippen LogP contribution in [0.15, 0.2) is 0 Å². The fourth-order valence-corrected chi connectivity index (χ4v) is 24.8. The van der Waals surface area contributed by atoms with Gasteiger partial charge in [-0.3, -0.25) is 0 Å². The maximum Gasteiger partial charge on any atom is 0 e. The van der Waals surface area contributed by atoms with E-state index in [-0.39, 0.29) is 0 Å². The second kappa shape index (κ2) is 70.2. The smallest absolute Gasteiger partial charge is 0 e. The lowest BCUT2D eigenvalue weighted by Gasteiger charge is -1.40. The average molecular weight is 659 g/mol. The Hall–Kier alpha value is 1.98. The molecule has 0 aromatic rings. The van der Waals surface area contributed by atoms with E-state index in [1.54, 1.807) is 86.8 Å². The molecule has 15 heteroatoms. The second-order valence-electron chi connectivity index (χ2n) is 2.04. The largest absolute Gasteiger partial charge is 0.120 e. The molecule has 164 valence electrons. The molecule has 0 amide bonds. The van der Waals surface area contributed by atoms with Crippen LogP contribution in [0.4, 0.5) is 0 Å². The van der Waals surface area contributed by atoms with Crippen molar-refractivity contribution in [2.24, 2.45) is 0 Å². The SMILES string of the molecule is C#CC.CC.CC#CC.CC#CC.S=S.S=S=S=S=S=S=S=S=S=S=S=S=S. The van der Waals surface area contributed by atoms with E-state index in [4.69, 9.17) is 22.4 Å². The lowest BCUT2D eigenvalue weighted by atomic mass is 10.7. The van der Waals surface area contributed by atoms with Crippen molar-refractivity contribution in [3.8, 4) is 36.0 Å². The molecule has 0 nitrogen and oxygen atoms in total. The van der Waals surface area contributed by atoms with Crippen LogP contribution < -0.4 is 0 Å². The molecule has 0 atom stereocenters. The molecule has 0 fully saturated rings. The molecule has 0 unspecified atom stereocenters. The molecule has 0 N–H and O–H groups in total. The normalized spacial score (nSPS) is 4.93. The number of terminal acetylenes is 1. The van der Waals surface area contributed by atoms with E-state index in [9.17, 15) is 0 Å². The van der Waals surface area contributed by atoms with Gasteiger partial charge in [0.1, 0.15) is 0 Å². The molecule has 28 heavy (non-hydrogen) atoms. The van der Waals surface area contributed by atoms with Crippen LogP contribution in [0.3, 0.4) is 0 Å². The van der Waals surface area contributed by atoms with Crippen molar-refractivity contribution >= 4 is 142 Å². The summed E-state index contributed by atoms with van der Waals surface area (Å²) in [6.45, 7) is 12.9. The van der Waals surface area contributed by atoms with Gasteiger partial charge in [-0.25, -0.2) is 0 Å². The van der Waals surface area contributed by atoms with Crippen molar-refractivity contribution in [2.45, 2.75) is 48.5 Å². The molecule has 0 spiro atoms. The molecule has 0 aliphatic carbocycles. The van der Waals surface area contributed by atoms with E-state index in [2.05, 4.69) is 58.4 Å². The first-order valence-corrected chi connectivity index (χ1v) is 23.8. The standard InChI is InChI=1S/2C4H6.C3H4.C2H6.S13.S2/c2*1-3-4-2;1-3-2;1-2;1-3-5-7-9-11-13-12-10-8-6-4-2;1-2/h2*1-2H3;1H,2H3;1-2H3;;. The predicted molar refractivity (Wildman–Crippen MR) is 175 cm³/mol. The van der Waals surface area contributed by atoms with Gasteiger partial charge in [0, 0.05) is 142 Å². The Kier molecular flexibility index (Phi) is 110. The summed E-state index contributed by atoms with van der Waals surface area (Å²) in [7, 11) is 18.1. The Morgan fingerprint density at radius 1 is 0.500 bits per heavy atom. The van der Waals surface area contributed by atoms with Gasteiger partial charge in [0.15, 0.2) is 0 Å². The maximum atomic E-state index is 4.70. The average Bonchev–Trinajstić information content (AvgIpc) is 2.76. The van der Waals surface area contributed by atoms with Gasteiger partial charge in [-0.2, -0.15) is 0 Å². The van der Waals surface area contributed by atoms with Crippen molar-refractivity contribution in [1.29, 1.82) is 0 Å². The van der Waals surface area contributed by atoms with E-state index in [0.29, 0.717) is 0 Å². The van der Waals surface area contributed by atoms with Gasteiger partial charge in [-0.1, -0.05) is 13.8 Å². The van der Waals surface area contributed by atoms with Crippen LogP contribution in [0.25, 0.3) is 0 Å². The molecule has 0 saturated carbocycles. The Bertz CT molecular complexity index is 847. The van der Waals surface area contributed by atoms with Gasteiger partial charge in [0.25, 0.3) is 0 Å². The van der Waals surface area contributed by atoms with Gasteiger partial charge < -0.3 is 0 Å². The highest BCUT2D eigenvalue weighted by molar-refractivity contribution is 8.75. The lowest BCUT2D eigenvalue weighted by Crippen LogP contribution is -1.38. The van der Waals surface area contributed by atoms with Gasteiger partial charge in [0.2, 0.25) is 0 Å².